The van der Waals surface area contributed by atoms with Crippen LogP contribution in [0.15, 0.2) is 0 Å². The number of nitrogens with zero attached hydrogens (tertiary/aromatic N) is 1. The van der Waals surface area contributed by atoms with Gasteiger partial charge < -0.3 is 15.3 Å². The highest BCUT2D eigenvalue weighted by molar-refractivity contribution is 4.79. The lowest BCUT2D eigenvalue weighted by atomic mass is 10.0. The molecular formula is C10H24N2O. The molecule has 0 fully saturated rings. The topological polar surface area (TPSA) is 35.5 Å². The number of hydrogen-bond acceptors (Lipinski definition) is 3. The summed E-state index contributed by atoms with van der Waals surface area (Å²) in [4.78, 5) is 2.18. The second-order valence-corrected chi connectivity index (χ2v) is 4.40. The second-order valence-electron chi connectivity index (χ2n) is 4.40. The van der Waals surface area contributed by atoms with Crippen molar-refractivity contribution in [3.63, 3.8) is 0 Å². The molecule has 0 radical (unpaired) electrons. The first kappa shape index (κ1) is 12.9. The Labute approximate surface area is 82.1 Å². The van der Waals surface area contributed by atoms with Gasteiger partial charge in [-0.2, -0.15) is 0 Å². The molecule has 0 saturated carbocycles. The van der Waals surface area contributed by atoms with Crippen LogP contribution < -0.4 is 5.32 Å². The summed E-state index contributed by atoms with van der Waals surface area (Å²) in [7, 11) is 4.13. The molecule has 0 aromatic rings. The molecule has 13 heavy (non-hydrogen) atoms. The Morgan fingerprint density at radius 2 is 1.92 bits per heavy atom. The Balaban J connectivity index is 3.63. The standard InChI is InChI=1S/C10H24N2O/c1-6-9(13)7-11-8-10(2,3)12(4)5/h9,11,13H,6-8H2,1-5H3. The Bertz CT molecular complexity index is 135. The summed E-state index contributed by atoms with van der Waals surface area (Å²) in [6.07, 6.45) is 0.605. The van der Waals surface area contributed by atoms with Crippen LogP contribution in [0.2, 0.25) is 0 Å². The van der Waals surface area contributed by atoms with Crippen molar-refractivity contribution >= 4 is 0 Å². The molecule has 0 spiro atoms. The molecule has 3 heteroatoms. The van der Waals surface area contributed by atoms with Crippen LogP contribution in [-0.4, -0.2) is 48.8 Å². The van der Waals surface area contributed by atoms with Crippen LogP contribution >= 0.6 is 0 Å². The van der Waals surface area contributed by atoms with E-state index in [1.807, 2.05) is 6.92 Å². The molecule has 0 aliphatic carbocycles. The van der Waals surface area contributed by atoms with Gasteiger partial charge in [-0.15, -0.1) is 0 Å². The molecule has 0 aliphatic rings. The van der Waals surface area contributed by atoms with Crippen LogP contribution in [0.25, 0.3) is 0 Å². The Kier molecular flexibility index (Phi) is 5.53. The lowest BCUT2D eigenvalue weighted by Crippen LogP contribution is -2.48. The molecule has 0 heterocycles. The third-order valence-corrected chi connectivity index (χ3v) is 2.62. The van der Waals surface area contributed by atoms with Crippen molar-refractivity contribution in [3.05, 3.63) is 0 Å². The minimum atomic E-state index is -0.210. The highest BCUT2D eigenvalue weighted by Gasteiger charge is 2.19. The number of likely N-dealkylation sites (N-methyl/N-ethyl adjacent to an activating group) is 1. The van der Waals surface area contributed by atoms with E-state index in [0.29, 0.717) is 6.54 Å². The van der Waals surface area contributed by atoms with E-state index >= 15 is 0 Å². The lowest BCUT2D eigenvalue weighted by molar-refractivity contribution is 0.148. The molecule has 80 valence electrons. The van der Waals surface area contributed by atoms with Gasteiger partial charge in [-0.3, -0.25) is 0 Å². The van der Waals surface area contributed by atoms with Crippen molar-refractivity contribution in [2.75, 3.05) is 27.2 Å². The van der Waals surface area contributed by atoms with E-state index in [9.17, 15) is 5.11 Å². The Morgan fingerprint density at radius 3 is 2.31 bits per heavy atom. The van der Waals surface area contributed by atoms with E-state index < -0.39 is 0 Å². The summed E-state index contributed by atoms with van der Waals surface area (Å²) in [5.74, 6) is 0. The highest BCUT2D eigenvalue weighted by Crippen LogP contribution is 2.07. The first-order chi connectivity index (χ1) is 5.90. The molecule has 0 saturated heterocycles. The molecule has 0 bridgehead atoms. The second kappa shape index (κ2) is 5.58. The van der Waals surface area contributed by atoms with Crippen LogP contribution in [0, 0.1) is 0 Å². The molecule has 0 amide bonds. The van der Waals surface area contributed by atoms with Crippen molar-refractivity contribution in [1.29, 1.82) is 0 Å². The molecule has 0 aromatic carbocycles. The van der Waals surface area contributed by atoms with Gasteiger partial charge in [-0.05, 0) is 34.4 Å². The summed E-state index contributed by atoms with van der Waals surface area (Å²) in [6.45, 7) is 7.94. The molecule has 0 rings (SSSR count). The van der Waals surface area contributed by atoms with Gasteiger partial charge in [-0.1, -0.05) is 6.92 Å². The Hall–Kier alpha value is -0.120. The number of aliphatic hydroxyl groups excluding tert-OH is 1. The van der Waals surface area contributed by atoms with Crippen LogP contribution in [0.1, 0.15) is 27.2 Å². The lowest BCUT2D eigenvalue weighted by Gasteiger charge is -2.33. The summed E-state index contributed by atoms with van der Waals surface area (Å²) < 4.78 is 0. The van der Waals surface area contributed by atoms with Crippen LogP contribution in [-0.2, 0) is 0 Å². The molecule has 0 aliphatic heterocycles. The number of nitrogens with one attached hydrogen (secondary N) is 1. The van der Waals surface area contributed by atoms with Crippen molar-refractivity contribution in [1.82, 2.24) is 10.2 Å². The fourth-order valence-corrected chi connectivity index (χ4v) is 0.847. The van der Waals surface area contributed by atoms with Gasteiger partial charge in [-0.25, -0.2) is 0 Å². The Morgan fingerprint density at radius 1 is 1.38 bits per heavy atom. The first-order valence-corrected chi connectivity index (χ1v) is 4.96. The van der Waals surface area contributed by atoms with E-state index in [1.54, 1.807) is 0 Å². The van der Waals surface area contributed by atoms with E-state index in [-0.39, 0.29) is 11.6 Å². The number of hydrogen-bond donors (Lipinski definition) is 2. The molecule has 0 aromatic heterocycles. The molecule has 2 N–H and O–H groups in total. The summed E-state index contributed by atoms with van der Waals surface area (Å²) in [5.41, 5.74) is 0.146. The zero-order valence-corrected chi connectivity index (χ0v) is 9.59. The third kappa shape index (κ3) is 5.24. The zero-order chi connectivity index (χ0) is 10.5. The zero-order valence-electron chi connectivity index (χ0n) is 9.59. The van der Waals surface area contributed by atoms with Gasteiger partial charge in [0.05, 0.1) is 6.10 Å². The predicted octanol–water partition coefficient (Wildman–Crippen LogP) is 0.687. The maximum atomic E-state index is 9.32. The van der Waals surface area contributed by atoms with Crippen molar-refractivity contribution in [2.24, 2.45) is 0 Å². The molecular weight excluding hydrogens is 164 g/mol. The quantitative estimate of drug-likeness (QED) is 0.643. The first-order valence-electron chi connectivity index (χ1n) is 4.96. The average Bonchev–Trinajstić information content (AvgIpc) is 2.03. The average molecular weight is 188 g/mol. The van der Waals surface area contributed by atoms with Gasteiger partial charge in [0.25, 0.3) is 0 Å². The van der Waals surface area contributed by atoms with Gasteiger partial charge in [0.2, 0.25) is 0 Å². The van der Waals surface area contributed by atoms with Crippen LogP contribution in [0.5, 0.6) is 0 Å². The smallest absolute Gasteiger partial charge is 0.0662 e. The van der Waals surface area contributed by atoms with Crippen molar-refractivity contribution < 1.29 is 5.11 Å². The van der Waals surface area contributed by atoms with Gasteiger partial charge in [0.1, 0.15) is 0 Å². The fourth-order valence-electron chi connectivity index (χ4n) is 0.847. The van der Waals surface area contributed by atoms with Crippen LogP contribution in [0.4, 0.5) is 0 Å². The third-order valence-electron chi connectivity index (χ3n) is 2.62. The number of aliphatic hydroxyl groups is 1. The molecule has 1 atom stereocenters. The largest absolute Gasteiger partial charge is 0.392 e. The summed E-state index contributed by atoms with van der Waals surface area (Å²) in [5, 5.41) is 12.6. The van der Waals surface area contributed by atoms with Gasteiger partial charge in [0.15, 0.2) is 0 Å². The molecule has 1 unspecified atom stereocenters. The van der Waals surface area contributed by atoms with Crippen LogP contribution in [0.3, 0.4) is 0 Å². The summed E-state index contributed by atoms with van der Waals surface area (Å²) in [6, 6.07) is 0. The molecule has 3 nitrogen and oxygen atoms in total. The maximum absolute atomic E-state index is 9.32. The van der Waals surface area contributed by atoms with Crippen molar-refractivity contribution in [2.45, 2.75) is 38.8 Å². The SMILES string of the molecule is CCC(O)CNCC(C)(C)N(C)C. The minimum absolute atomic E-state index is 0.146. The minimum Gasteiger partial charge on any atom is -0.392 e. The van der Waals surface area contributed by atoms with E-state index in [1.165, 1.54) is 0 Å². The summed E-state index contributed by atoms with van der Waals surface area (Å²) >= 11 is 0. The number of rotatable bonds is 6. The van der Waals surface area contributed by atoms with E-state index in [2.05, 4.69) is 38.2 Å². The normalized spacial score (nSPS) is 15.0. The highest BCUT2D eigenvalue weighted by atomic mass is 16.3. The maximum Gasteiger partial charge on any atom is 0.0662 e. The fraction of sp³-hybridized carbons (Fsp3) is 1.00. The monoisotopic (exact) mass is 188 g/mol. The van der Waals surface area contributed by atoms with Gasteiger partial charge in [0, 0.05) is 18.6 Å². The van der Waals surface area contributed by atoms with Crippen molar-refractivity contribution in [3.8, 4) is 0 Å². The van der Waals surface area contributed by atoms with E-state index in [4.69, 9.17) is 0 Å². The van der Waals surface area contributed by atoms with E-state index in [0.717, 1.165) is 13.0 Å². The predicted molar refractivity (Wildman–Crippen MR) is 56.9 cm³/mol. The van der Waals surface area contributed by atoms with Gasteiger partial charge >= 0.3 is 0 Å².